The van der Waals surface area contributed by atoms with Crippen LogP contribution in [0.4, 0.5) is 0 Å². The molecule has 11 heavy (non-hydrogen) atoms. The van der Waals surface area contributed by atoms with Gasteiger partial charge in [0, 0.05) is 11.9 Å². The Balaban J connectivity index is 3.40. The lowest BCUT2D eigenvalue weighted by molar-refractivity contribution is 0.468. The van der Waals surface area contributed by atoms with Crippen molar-refractivity contribution in [2.45, 2.75) is 6.92 Å². The Morgan fingerprint density at radius 2 is 2.36 bits per heavy atom. The summed E-state index contributed by atoms with van der Waals surface area (Å²) >= 11 is 4.92. The van der Waals surface area contributed by atoms with E-state index < -0.39 is 0 Å². The normalized spacial score (nSPS) is 9.55. The molecule has 0 saturated heterocycles. The number of pyridine rings is 1. The first-order chi connectivity index (χ1) is 5.13. The predicted octanol–water partition coefficient (Wildman–Crippen LogP) is 2.41. The second-order valence-electron chi connectivity index (χ2n) is 2.30. The summed E-state index contributed by atoms with van der Waals surface area (Å²) in [4.78, 5) is 0. The standard InChI is InChI=1S/C8H9NOS/c1-6(2)9-5-3-4-7(10)8(9)11/h3-5,10H,1H2,2H3. The number of nitrogens with zero attached hydrogens (tertiary/aromatic N) is 1. The maximum absolute atomic E-state index is 9.18. The van der Waals surface area contributed by atoms with Gasteiger partial charge in [-0.2, -0.15) is 0 Å². The minimum absolute atomic E-state index is 0.116. The molecule has 0 unspecified atom stereocenters. The van der Waals surface area contributed by atoms with Gasteiger partial charge in [-0.1, -0.05) is 18.8 Å². The molecule has 0 saturated carbocycles. The van der Waals surface area contributed by atoms with Crippen LogP contribution < -0.4 is 0 Å². The molecule has 1 aromatic rings. The van der Waals surface area contributed by atoms with Crippen LogP contribution in [0.25, 0.3) is 5.70 Å². The number of allylic oxidation sites excluding steroid dienone is 1. The number of hydrogen-bond donors (Lipinski definition) is 1. The van der Waals surface area contributed by atoms with E-state index in [-0.39, 0.29) is 5.75 Å². The summed E-state index contributed by atoms with van der Waals surface area (Å²) in [6, 6.07) is 3.28. The molecule has 0 aliphatic heterocycles. The van der Waals surface area contributed by atoms with Gasteiger partial charge in [-0.25, -0.2) is 0 Å². The Bertz CT molecular complexity index is 340. The molecule has 0 radical (unpaired) electrons. The minimum Gasteiger partial charge on any atom is -0.505 e. The highest BCUT2D eigenvalue weighted by Gasteiger charge is 1.95. The average Bonchev–Trinajstić information content (AvgIpc) is 1.94. The molecule has 1 N–H and O–H groups in total. The molecule has 0 aromatic carbocycles. The molecule has 0 amide bonds. The van der Waals surface area contributed by atoms with Gasteiger partial charge in [0.05, 0.1) is 0 Å². The van der Waals surface area contributed by atoms with Crippen LogP contribution in [-0.4, -0.2) is 9.67 Å². The zero-order chi connectivity index (χ0) is 8.43. The van der Waals surface area contributed by atoms with Crippen LogP contribution in [0.5, 0.6) is 5.75 Å². The fraction of sp³-hybridized carbons (Fsp3) is 0.125. The van der Waals surface area contributed by atoms with E-state index in [1.54, 1.807) is 22.9 Å². The largest absolute Gasteiger partial charge is 0.505 e. The van der Waals surface area contributed by atoms with Crippen LogP contribution in [0.15, 0.2) is 24.9 Å². The second kappa shape index (κ2) is 2.88. The first-order valence-electron chi connectivity index (χ1n) is 3.19. The zero-order valence-corrected chi connectivity index (χ0v) is 7.06. The lowest BCUT2D eigenvalue weighted by Crippen LogP contribution is -1.93. The summed E-state index contributed by atoms with van der Waals surface area (Å²) in [7, 11) is 0. The molecule has 1 aromatic heterocycles. The number of hydrogen-bond acceptors (Lipinski definition) is 2. The van der Waals surface area contributed by atoms with E-state index in [2.05, 4.69) is 6.58 Å². The van der Waals surface area contributed by atoms with Gasteiger partial charge in [0.2, 0.25) is 0 Å². The summed E-state index contributed by atoms with van der Waals surface area (Å²) in [5, 5.41) is 9.18. The quantitative estimate of drug-likeness (QED) is 0.650. The van der Waals surface area contributed by atoms with Gasteiger partial charge in [0.25, 0.3) is 0 Å². The van der Waals surface area contributed by atoms with Crippen LogP contribution in [0.3, 0.4) is 0 Å². The molecule has 0 bridgehead atoms. The molecule has 1 heterocycles. The smallest absolute Gasteiger partial charge is 0.152 e. The highest BCUT2D eigenvalue weighted by Crippen LogP contribution is 2.12. The van der Waals surface area contributed by atoms with Crippen molar-refractivity contribution in [2.24, 2.45) is 0 Å². The SMILES string of the molecule is C=C(C)n1cccc(O)c1=S. The van der Waals surface area contributed by atoms with Crippen molar-refractivity contribution in [3.05, 3.63) is 29.5 Å². The summed E-state index contributed by atoms with van der Waals surface area (Å²) < 4.78 is 2.06. The van der Waals surface area contributed by atoms with Gasteiger partial charge in [-0.05, 0) is 19.1 Å². The van der Waals surface area contributed by atoms with Crippen LogP contribution in [0.1, 0.15) is 6.92 Å². The Kier molecular flexibility index (Phi) is 2.10. The Morgan fingerprint density at radius 1 is 1.73 bits per heavy atom. The number of rotatable bonds is 1. The van der Waals surface area contributed by atoms with E-state index in [0.717, 1.165) is 5.70 Å². The molecular formula is C8H9NOS. The minimum atomic E-state index is 0.116. The highest BCUT2D eigenvalue weighted by atomic mass is 32.1. The van der Waals surface area contributed by atoms with Gasteiger partial charge in [0.15, 0.2) is 10.4 Å². The van der Waals surface area contributed by atoms with Gasteiger partial charge in [-0.15, -0.1) is 0 Å². The van der Waals surface area contributed by atoms with Gasteiger partial charge >= 0.3 is 0 Å². The summed E-state index contributed by atoms with van der Waals surface area (Å²) in [6.07, 6.45) is 1.77. The average molecular weight is 167 g/mol. The van der Waals surface area contributed by atoms with E-state index in [9.17, 15) is 5.11 Å². The van der Waals surface area contributed by atoms with Crippen LogP contribution in [-0.2, 0) is 0 Å². The molecule has 2 nitrogen and oxygen atoms in total. The molecular weight excluding hydrogens is 158 g/mol. The van der Waals surface area contributed by atoms with Gasteiger partial charge in [-0.3, -0.25) is 0 Å². The van der Waals surface area contributed by atoms with Crippen LogP contribution in [0, 0.1) is 4.64 Å². The monoisotopic (exact) mass is 167 g/mol. The molecule has 0 atom stereocenters. The van der Waals surface area contributed by atoms with Gasteiger partial charge < -0.3 is 9.67 Å². The van der Waals surface area contributed by atoms with Crippen molar-refractivity contribution in [2.75, 3.05) is 0 Å². The lowest BCUT2D eigenvalue weighted by atomic mass is 10.4. The molecule has 0 aliphatic rings. The van der Waals surface area contributed by atoms with E-state index in [0.29, 0.717) is 4.64 Å². The van der Waals surface area contributed by atoms with Crippen molar-refractivity contribution in [3.63, 3.8) is 0 Å². The summed E-state index contributed by atoms with van der Waals surface area (Å²) in [5.41, 5.74) is 0.797. The first-order valence-corrected chi connectivity index (χ1v) is 3.60. The zero-order valence-electron chi connectivity index (χ0n) is 6.24. The predicted molar refractivity (Wildman–Crippen MR) is 47.9 cm³/mol. The molecule has 0 aliphatic carbocycles. The topological polar surface area (TPSA) is 25.2 Å². The van der Waals surface area contributed by atoms with E-state index >= 15 is 0 Å². The van der Waals surface area contributed by atoms with Crippen molar-refractivity contribution in [1.29, 1.82) is 0 Å². The fourth-order valence-corrected chi connectivity index (χ4v) is 1.07. The van der Waals surface area contributed by atoms with E-state index in [1.807, 2.05) is 6.92 Å². The van der Waals surface area contributed by atoms with E-state index in [1.165, 1.54) is 0 Å². The van der Waals surface area contributed by atoms with E-state index in [4.69, 9.17) is 12.2 Å². The Labute approximate surface area is 70.4 Å². The maximum atomic E-state index is 9.18. The molecule has 3 heteroatoms. The molecule has 1 rings (SSSR count). The summed E-state index contributed by atoms with van der Waals surface area (Å²) in [6.45, 7) is 5.54. The molecule has 58 valence electrons. The fourth-order valence-electron chi connectivity index (χ4n) is 0.783. The first kappa shape index (κ1) is 8.01. The second-order valence-corrected chi connectivity index (χ2v) is 2.69. The molecule has 0 fully saturated rings. The third-order valence-electron chi connectivity index (χ3n) is 1.34. The molecule has 0 spiro atoms. The maximum Gasteiger partial charge on any atom is 0.152 e. The van der Waals surface area contributed by atoms with Crippen LogP contribution in [0.2, 0.25) is 0 Å². The van der Waals surface area contributed by atoms with Gasteiger partial charge in [0.1, 0.15) is 0 Å². The van der Waals surface area contributed by atoms with Crippen molar-refractivity contribution < 1.29 is 5.11 Å². The third-order valence-corrected chi connectivity index (χ3v) is 1.74. The Morgan fingerprint density at radius 3 is 2.82 bits per heavy atom. The summed E-state index contributed by atoms with van der Waals surface area (Å²) in [5.74, 6) is 0.116. The Hall–Kier alpha value is -1.09. The number of aromatic nitrogens is 1. The van der Waals surface area contributed by atoms with Crippen molar-refractivity contribution >= 4 is 17.9 Å². The lowest BCUT2D eigenvalue weighted by Gasteiger charge is -2.04. The van der Waals surface area contributed by atoms with Crippen LogP contribution >= 0.6 is 12.2 Å². The third kappa shape index (κ3) is 1.49. The number of aromatic hydroxyl groups is 1. The van der Waals surface area contributed by atoms with Crippen molar-refractivity contribution in [1.82, 2.24) is 4.57 Å². The highest BCUT2D eigenvalue weighted by molar-refractivity contribution is 7.71. The van der Waals surface area contributed by atoms with Crippen molar-refractivity contribution in [3.8, 4) is 5.75 Å².